The number of hydrogen-bond donors (Lipinski definition) is 0. The monoisotopic (exact) mass is 574 g/mol. The molecule has 0 spiro atoms. The van der Waals surface area contributed by atoms with Gasteiger partial charge in [0.25, 0.3) is 0 Å². The number of fused-ring (bicyclic) bond motifs is 9. The second-order valence-electron chi connectivity index (χ2n) is 11.7. The van der Waals surface area contributed by atoms with E-state index in [4.69, 9.17) is 4.42 Å². The van der Waals surface area contributed by atoms with E-state index >= 15 is 0 Å². The molecule has 0 saturated carbocycles. The van der Waals surface area contributed by atoms with Crippen LogP contribution < -0.4 is 0 Å². The van der Waals surface area contributed by atoms with E-state index in [2.05, 4.69) is 161 Å². The molecule has 10 aromatic rings. The first-order chi connectivity index (χ1) is 22.3. The quantitative estimate of drug-likeness (QED) is 0.206. The van der Waals surface area contributed by atoms with E-state index < -0.39 is 0 Å². The minimum atomic E-state index is 0.904. The second kappa shape index (κ2) is 9.22. The fourth-order valence-corrected chi connectivity index (χ4v) is 7.46. The molecule has 0 amide bonds. The predicted octanol–water partition coefficient (Wildman–Crippen LogP) is 11.4. The Morgan fingerprint density at radius 3 is 1.76 bits per heavy atom. The van der Waals surface area contributed by atoms with E-state index in [1.165, 1.54) is 54.7 Å². The standard InChI is InChI=1S/C42H26N2O/c1-2-12-27(13-3-1)44-38-25-24-28(43-36-20-7-4-14-29(36)30-15-5-8-21-37(30)43)26-35(38)33-19-10-18-32(42(33)44)31-17-11-23-40-41(31)34-16-6-9-22-39(34)45-40/h1-26H. The summed E-state index contributed by atoms with van der Waals surface area (Å²) in [6.07, 6.45) is 0. The van der Waals surface area contributed by atoms with Crippen LogP contribution in [0.15, 0.2) is 162 Å². The Labute approximate surface area is 258 Å². The van der Waals surface area contributed by atoms with Crippen molar-refractivity contribution < 1.29 is 4.42 Å². The van der Waals surface area contributed by atoms with Gasteiger partial charge in [0.15, 0.2) is 0 Å². The van der Waals surface area contributed by atoms with E-state index in [1.807, 2.05) is 6.07 Å². The molecule has 0 atom stereocenters. The van der Waals surface area contributed by atoms with Gasteiger partial charge in [-0.05, 0) is 60.2 Å². The normalized spacial score (nSPS) is 12.0. The summed E-state index contributed by atoms with van der Waals surface area (Å²) in [6.45, 7) is 0. The van der Waals surface area contributed by atoms with Gasteiger partial charge < -0.3 is 13.6 Å². The first-order valence-corrected chi connectivity index (χ1v) is 15.4. The molecule has 0 N–H and O–H groups in total. The summed E-state index contributed by atoms with van der Waals surface area (Å²) in [4.78, 5) is 0. The third-order valence-corrected chi connectivity index (χ3v) is 9.32. The van der Waals surface area contributed by atoms with E-state index in [9.17, 15) is 0 Å². The second-order valence-corrected chi connectivity index (χ2v) is 11.7. The first kappa shape index (κ1) is 24.4. The summed E-state index contributed by atoms with van der Waals surface area (Å²) in [5.41, 5.74) is 11.3. The minimum Gasteiger partial charge on any atom is -0.456 e. The van der Waals surface area contributed by atoms with Crippen LogP contribution >= 0.6 is 0 Å². The van der Waals surface area contributed by atoms with Crippen molar-refractivity contribution in [2.24, 2.45) is 0 Å². The topological polar surface area (TPSA) is 23.0 Å². The Bertz CT molecular complexity index is 2710. The van der Waals surface area contributed by atoms with E-state index in [1.54, 1.807) is 0 Å². The molecule has 0 aliphatic rings. The highest BCUT2D eigenvalue weighted by atomic mass is 16.3. The van der Waals surface area contributed by atoms with Crippen LogP contribution in [0.2, 0.25) is 0 Å². The molecule has 0 aliphatic carbocycles. The molecule has 0 radical (unpaired) electrons. The maximum absolute atomic E-state index is 6.32. The molecule has 3 aromatic heterocycles. The highest BCUT2D eigenvalue weighted by Gasteiger charge is 2.21. The van der Waals surface area contributed by atoms with Crippen LogP contribution in [-0.2, 0) is 0 Å². The van der Waals surface area contributed by atoms with Crippen LogP contribution in [0.25, 0.3) is 88.1 Å². The largest absolute Gasteiger partial charge is 0.456 e. The third kappa shape index (κ3) is 3.41. The minimum absolute atomic E-state index is 0.904. The lowest BCUT2D eigenvalue weighted by Crippen LogP contribution is -1.96. The van der Waals surface area contributed by atoms with Crippen LogP contribution in [0.5, 0.6) is 0 Å². The van der Waals surface area contributed by atoms with Gasteiger partial charge in [-0.25, -0.2) is 0 Å². The van der Waals surface area contributed by atoms with Crippen molar-refractivity contribution >= 4 is 65.6 Å². The summed E-state index contributed by atoms with van der Waals surface area (Å²) in [5, 5.41) is 7.26. The van der Waals surface area contributed by atoms with Gasteiger partial charge in [0, 0.05) is 49.3 Å². The molecule has 3 heterocycles. The Kier molecular flexibility index (Phi) is 5.00. The van der Waals surface area contributed by atoms with Crippen molar-refractivity contribution in [3.8, 4) is 22.5 Å². The summed E-state index contributed by atoms with van der Waals surface area (Å²) < 4.78 is 11.1. The maximum Gasteiger partial charge on any atom is 0.136 e. The molecule has 7 aromatic carbocycles. The molecule has 0 unspecified atom stereocenters. The van der Waals surface area contributed by atoms with Gasteiger partial charge in [-0.3, -0.25) is 0 Å². The van der Waals surface area contributed by atoms with Crippen LogP contribution in [0.4, 0.5) is 0 Å². The number of benzene rings is 7. The average molecular weight is 575 g/mol. The molecule has 3 heteroatoms. The van der Waals surface area contributed by atoms with Crippen molar-refractivity contribution in [3.63, 3.8) is 0 Å². The third-order valence-electron chi connectivity index (χ3n) is 9.32. The van der Waals surface area contributed by atoms with Crippen LogP contribution in [0.3, 0.4) is 0 Å². The predicted molar refractivity (Wildman–Crippen MR) is 188 cm³/mol. The number of para-hydroxylation sites is 5. The lowest BCUT2D eigenvalue weighted by atomic mass is 9.97. The van der Waals surface area contributed by atoms with Crippen molar-refractivity contribution in [1.82, 2.24) is 9.13 Å². The highest BCUT2D eigenvalue weighted by molar-refractivity contribution is 6.19. The molecule has 3 nitrogen and oxygen atoms in total. The number of hydrogen-bond acceptors (Lipinski definition) is 1. The molecule has 0 bridgehead atoms. The Balaban J connectivity index is 1.33. The summed E-state index contributed by atoms with van der Waals surface area (Å²) in [6, 6.07) is 56.5. The van der Waals surface area contributed by atoms with Gasteiger partial charge in [-0.15, -0.1) is 0 Å². The van der Waals surface area contributed by atoms with Crippen LogP contribution in [0.1, 0.15) is 0 Å². The Morgan fingerprint density at radius 1 is 0.356 bits per heavy atom. The molecule has 210 valence electrons. The van der Waals surface area contributed by atoms with E-state index in [0.29, 0.717) is 0 Å². The first-order valence-electron chi connectivity index (χ1n) is 15.4. The molecule has 0 aliphatic heterocycles. The summed E-state index contributed by atoms with van der Waals surface area (Å²) in [5.74, 6) is 0. The van der Waals surface area contributed by atoms with Crippen molar-refractivity contribution in [2.75, 3.05) is 0 Å². The average Bonchev–Trinajstić information content (AvgIpc) is 3.76. The van der Waals surface area contributed by atoms with Crippen LogP contribution in [-0.4, -0.2) is 9.13 Å². The van der Waals surface area contributed by atoms with E-state index in [0.717, 1.165) is 33.3 Å². The molecule has 45 heavy (non-hydrogen) atoms. The van der Waals surface area contributed by atoms with Gasteiger partial charge >= 0.3 is 0 Å². The van der Waals surface area contributed by atoms with Gasteiger partial charge in [-0.1, -0.05) is 103 Å². The fraction of sp³-hybridized carbons (Fsp3) is 0. The Morgan fingerprint density at radius 2 is 0.956 bits per heavy atom. The van der Waals surface area contributed by atoms with Gasteiger partial charge in [-0.2, -0.15) is 0 Å². The molecule has 0 saturated heterocycles. The number of furan rings is 1. The fourth-order valence-electron chi connectivity index (χ4n) is 7.46. The molecular weight excluding hydrogens is 548 g/mol. The lowest BCUT2D eigenvalue weighted by Gasteiger charge is -2.12. The lowest BCUT2D eigenvalue weighted by molar-refractivity contribution is 0.669. The van der Waals surface area contributed by atoms with Crippen molar-refractivity contribution in [2.45, 2.75) is 0 Å². The van der Waals surface area contributed by atoms with E-state index in [-0.39, 0.29) is 0 Å². The zero-order valence-corrected chi connectivity index (χ0v) is 24.3. The SMILES string of the molecule is c1ccc(-n2c3ccc(-n4c5ccccc5c5ccccc54)cc3c3cccc(-c4cccc5oc6ccccc6c45)c32)cc1. The highest BCUT2D eigenvalue weighted by Crippen LogP contribution is 2.43. The maximum atomic E-state index is 6.32. The zero-order chi connectivity index (χ0) is 29.5. The number of aromatic nitrogens is 2. The van der Waals surface area contributed by atoms with Gasteiger partial charge in [0.2, 0.25) is 0 Å². The molecule has 0 fully saturated rings. The summed E-state index contributed by atoms with van der Waals surface area (Å²) >= 11 is 0. The summed E-state index contributed by atoms with van der Waals surface area (Å²) in [7, 11) is 0. The number of nitrogens with zero attached hydrogens (tertiary/aromatic N) is 2. The van der Waals surface area contributed by atoms with Crippen molar-refractivity contribution in [1.29, 1.82) is 0 Å². The molecular formula is C42H26N2O. The smallest absolute Gasteiger partial charge is 0.136 e. The van der Waals surface area contributed by atoms with Crippen LogP contribution in [0, 0.1) is 0 Å². The van der Waals surface area contributed by atoms with Gasteiger partial charge in [0.1, 0.15) is 11.2 Å². The molecule has 10 rings (SSSR count). The van der Waals surface area contributed by atoms with Crippen molar-refractivity contribution in [3.05, 3.63) is 158 Å². The van der Waals surface area contributed by atoms with Gasteiger partial charge in [0.05, 0.1) is 22.1 Å². The Hall–Kier alpha value is -6.06. The number of rotatable bonds is 3. The zero-order valence-electron chi connectivity index (χ0n) is 24.3.